The summed E-state index contributed by atoms with van der Waals surface area (Å²) >= 11 is 0. The van der Waals surface area contributed by atoms with Crippen molar-refractivity contribution >= 4 is 5.71 Å². The molecule has 0 rings (SSSR count). The Bertz CT molecular complexity index is 51.2. The maximum absolute atomic E-state index is 6.50. The third kappa shape index (κ3) is 181. The fourth-order valence-electron chi connectivity index (χ4n) is 0. The summed E-state index contributed by atoms with van der Waals surface area (Å²) in [6.45, 7) is 8.75. The molecule has 0 atom stereocenters. The molecule has 1 nitrogen and oxygen atoms in total. The number of rotatable bonds is 0. The maximum Gasteiger partial charge on any atom is 0.00272 e. The molecule has 0 radical (unpaired) electrons. The van der Waals surface area contributed by atoms with E-state index in [-0.39, 0.29) is 0 Å². The van der Waals surface area contributed by atoms with E-state index >= 15 is 0 Å². The molecule has 0 unspecified atom stereocenters. The summed E-state index contributed by atoms with van der Waals surface area (Å²) in [7, 11) is 0. The van der Waals surface area contributed by atoms with Gasteiger partial charge in [-0.2, -0.15) is 0 Å². The van der Waals surface area contributed by atoms with E-state index < -0.39 is 0 Å². The zero-order chi connectivity index (χ0) is 6.28. The molecular formula is C6H13N. The van der Waals surface area contributed by atoms with E-state index in [1.165, 1.54) is 0 Å². The summed E-state index contributed by atoms with van der Waals surface area (Å²) in [6.07, 6.45) is 1.75. The van der Waals surface area contributed by atoms with Gasteiger partial charge in [0, 0.05) is 5.71 Å². The zero-order valence-electron chi connectivity index (χ0n) is 5.28. The smallest absolute Gasteiger partial charge is 0.00272 e. The van der Waals surface area contributed by atoms with E-state index in [9.17, 15) is 0 Å². The molecule has 0 amide bonds. The predicted molar refractivity (Wildman–Crippen MR) is 34.9 cm³/mol. The summed E-state index contributed by atoms with van der Waals surface area (Å²) in [5.74, 6) is 0. The summed E-state index contributed by atoms with van der Waals surface area (Å²) in [5.41, 5.74) is 0.667. The van der Waals surface area contributed by atoms with Crippen molar-refractivity contribution in [3.63, 3.8) is 0 Å². The molecular weight excluding hydrogens is 86.1 g/mol. The Morgan fingerprint density at radius 1 is 1.57 bits per heavy atom. The second kappa shape index (κ2) is 9.05. The fourth-order valence-corrected chi connectivity index (χ4v) is 0. The highest BCUT2D eigenvalue weighted by molar-refractivity contribution is 5.75. The minimum absolute atomic E-state index is 0.667. The van der Waals surface area contributed by atoms with Crippen molar-refractivity contribution in [1.82, 2.24) is 0 Å². The van der Waals surface area contributed by atoms with Crippen molar-refractivity contribution in [3.8, 4) is 0 Å². The van der Waals surface area contributed by atoms with Crippen molar-refractivity contribution in [2.45, 2.75) is 20.8 Å². The number of nitrogens with one attached hydrogen (secondary N) is 1. The molecule has 7 heavy (non-hydrogen) atoms. The molecule has 0 bridgehead atoms. The van der Waals surface area contributed by atoms with Crippen molar-refractivity contribution in [1.29, 1.82) is 5.41 Å². The van der Waals surface area contributed by atoms with Crippen LogP contribution in [-0.2, 0) is 0 Å². The third-order valence-corrected chi connectivity index (χ3v) is 0. The van der Waals surface area contributed by atoms with Gasteiger partial charge in [0.15, 0.2) is 0 Å². The van der Waals surface area contributed by atoms with Crippen LogP contribution in [0.4, 0.5) is 0 Å². The molecule has 0 heterocycles. The van der Waals surface area contributed by atoms with Crippen LogP contribution in [0.2, 0.25) is 0 Å². The van der Waals surface area contributed by atoms with Gasteiger partial charge in [-0.3, -0.25) is 0 Å². The van der Waals surface area contributed by atoms with Crippen LogP contribution >= 0.6 is 0 Å². The van der Waals surface area contributed by atoms with Crippen molar-refractivity contribution < 1.29 is 0 Å². The average Bonchev–Trinajstić information content (AvgIpc) is 1.33. The molecule has 0 saturated carbocycles. The van der Waals surface area contributed by atoms with Gasteiger partial charge in [-0.1, -0.05) is 6.08 Å². The first-order chi connectivity index (χ1) is 3.15. The van der Waals surface area contributed by atoms with E-state index in [0.29, 0.717) is 5.71 Å². The normalized spacial score (nSPS) is 5.57. The van der Waals surface area contributed by atoms with Crippen molar-refractivity contribution in [2.75, 3.05) is 0 Å². The Kier molecular flexibility index (Phi) is 12.5. The lowest BCUT2D eigenvalue weighted by atomic mass is 10.5. The first-order valence-corrected chi connectivity index (χ1v) is 2.24. The first-order valence-electron chi connectivity index (χ1n) is 2.24. The molecule has 42 valence electrons. The van der Waals surface area contributed by atoms with Gasteiger partial charge in [0.2, 0.25) is 0 Å². The second-order valence-electron chi connectivity index (χ2n) is 1.41. The lowest BCUT2D eigenvalue weighted by Gasteiger charge is -1.63. The van der Waals surface area contributed by atoms with Crippen LogP contribution < -0.4 is 0 Å². The van der Waals surface area contributed by atoms with E-state index in [2.05, 4.69) is 6.58 Å². The van der Waals surface area contributed by atoms with Gasteiger partial charge in [0.05, 0.1) is 0 Å². The van der Waals surface area contributed by atoms with Crippen molar-refractivity contribution in [3.05, 3.63) is 12.7 Å². The molecule has 1 heteroatoms. The maximum atomic E-state index is 6.50. The molecule has 0 fully saturated rings. The highest BCUT2D eigenvalue weighted by Crippen LogP contribution is 1.52. The lowest BCUT2D eigenvalue weighted by Crippen LogP contribution is -1.67. The van der Waals surface area contributed by atoms with Gasteiger partial charge < -0.3 is 5.41 Å². The molecule has 1 N–H and O–H groups in total. The molecule has 0 aliphatic heterocycles. The van der Waals surface area contributed by atoms with Crippen LogP contribution in [0.5, 0.6) is 0 Å². The highest BCUT2D eigenvalue weighted by atomic mass is 14.3. The molecule has 0 aliphatic rings. The molecule has 0 aromatic heterocycles. The largest absolute Gasteiger partial charge is 0.310 e. The van der Waals surface area contributed by atoms with Gasteiger partial charge in [-0.05, 0) is 20.8 Å². The van der Waals surface area contributed by atoms with Gasteiger partial charge >= 0.3 is 0 Å². The molecule has 0 aliphatic carbocycles. The molecule has 0 saturated heterocycles. The van der Waals surface area contributed by atoms with E-state index in [0.717, 1.165) is 0 Å². The first kappa shape index (κ1) is 9.65. The molecule has 0 aromatic rings. The number of hydrogen-bond donors (Lipinski definition) is 1. The average molecular weight is 99.2 g/mol. The summed E-state index contributed by atoms with van der Waals surface area (Å²) < 4.78 is 0. The van der Waals surface area contributed by atoms with E-state index in [1.54, 1.807) is 19.9 Å². The standard InChI is InChI=1S/C3H7N.C3H6/c1-3(2)4;1-3-2/h4H,1-2H3;3H,1H2,2H3. The Labute approximate surface area is 45.6 Å². The Hall–Kier alpha value is -0.590. The van der Waals surface area contributed by atoms with Crippen LogP contribution in [0.3, 0.4) is 0 Å². The zero-order valence-corrected chi connectivity index (χ0v) is 5.28. The SMILES string of the molecule is C=CC.CC(C)=N. The van der Waals surface area contributed by atoms with Crippen LogP contribution in [0, 0.1) is 5.41 Å². The fraction of sp³-hybridized carbons (Fsp3) is 0.500. The van der Waals surface area contributed by atoms with Crippen LogP contribution in [0.25, 0.3) is 0 Å². The van der Waals surface area contributed by atoms with Gasteiger partial charge in [-0.25, -0.2) is 0 Å². The van der Waals surface area contributed by atoms with Crippen LogP contribution in [-0.4, -0.2) is 5.71 Å². The summed E-state index contributed by atoms with van der Waals surface area (Å²) in [5, 5.41) is 6.50. The van der Waals surface area contributed by atoms with Crippen LogP contribution in [0.1, 0.15) is 20.8 Å². The highest BCUT2D eigenvalue weighted by Gasteiger charge is 1.55. The molecule has 0 aromatic carbocycles. The number of hydrogen-bond acceptors (Lipinski definition) is 1. The quantitative estimate of drug-likeness (QED) is 0.356. The summed E-state index contributed by atoms with van der Waals surface area (Å²) in [4.78, 5) is 0. The topological polar surface area (TPSA) is 23.9 Å². The van der Waals surface area contributed by atoms with E-state index in [4.69, 9.17) is 5.41 Å². The summed E-state index contributed by atoms with van der Waals surface area (Å²) in [6, 6.07) is 0. The Balaban J connectivity index is 0. The predicted octanol–water partition coefficient (Wildman–Crippen LogP) is 2.24. The third-order valence-electron chi connectivity index (χ3n) is 0. The Morgan fingerprint density at radius 2 is 1.57 bits per heavy atom. The van der Waals surface area contributed by atoms with Gasteiger partial charge in [-0.15, -0.1) is 6.58 Å². The lowest BCUT2D eigenvalue weighted by molar-refractivity contribution is 1.45. The van der Waals surface area contributed by atoms with Gasteiger partial charge in [0.25, 0.3) is 0 Å². The van der Waals surface area contributed by atoms with E-state index in [1.807, 2.05) is 6.92 Å². The minimum atomic E-state index is 0.667. The van der Waals surface area contributed by atoms with Gasteiger partial charge in [0.1, 0.15) is 0 Å². The Morgan fingerprint density at radius 3 is 1.57 bits per heavy atom. The van der Waals surface area contributed by atoms with Crippen LogP contribution in [0.15, 0.2) is 12.7 Å². The van der Waals surface area contributed by atoms with Crippen molar-refractivity contribution in [2.24, 2.45) is 0 Å². The second-order valence-corrected chi connectivity index (χ2v) is 1.41. The monoisotopic (exact) mass is 99.1 g/mol. The minimum Gasteiger partial charge on any atom is -0.310 e. The number of allylic oxidation sites excluding steroid dienone is 1. The molecule has 0 spiro atoms.